The Morgan fingerprint density at radius 1 is 1.00 bits per heavy atom. The molecule has 0 aromatic carbocycles. The van der Waals surface area contributed by atoms with Crippen molar-refractivity contribution in [3.8, 4) is 0 Å². The summed E-state index contributed by atoms with van der Waals surface area (Å²) in [4.78, 5) is 0. The first-order valence-corrected chi connectivity index (χ1v) is 9.66. The molecule has 1 unspecified atom stereocenters. The standard InChI is InChI=1S/C15H34P/c1-8-11-16(9-2,10-3)13-14(4)12-15(5,6)7/h14H,8-13H2,1-7H3/q+1. The lowest BCUT2D eigenvalue weighted by molar-refractivity contribution is 0.322. The molecular formula is C15H34P+. The third-order valence-electron chi connectivity index (χ3n) is 3.70. The molecule has 1 atom stereocenters. The minimum atomic E-state index is -0.600. The maximum atomic E-state index is 2.47. The Balaban J connectivity index is 4.39. The minimum absolute atomic E-state index is 0.503. The smallest absolute Gasteiger partial charge is 0.0619 e. The molecule has 0 bridgehead atoms. The van der Waals surface area contributed by atoms with E-state index in [4.69, 9.17) is 0 Å². The highest BCUT2D eigenvalue weighted by Crippen LogP contribution is 2.60. The summed E-state index contributed by atoms with van der Waals surface area (Å²) in [5.74, 6) is 0.916. The molecule has 0 aromatic heterocycles. The van der Waals surface area contributed by atoms with Gasteiger partial charge in [0.15, 0.2) is 0 Å². The van der Waals surface area contributed by atoms with E-state index in [1.54, 1.807) is 0 Å². The van der Waals surface area contributed by atoms with Gasteiger partial charge in [0.25, 0.3) is 0 Å². The summed E-state index contributed by atoms with van der Waals surface area (Å²) in [6.45, 7) is 16.8. The number of rotatable bonds is 7. The van der Waals surface area contributed by atoms with Gasteiger partial charge in [0, 0.05) is 7.26 Å². The van der Waals surface area contributed by atoms with Gasteiger partial charge in [0.1, 0.15) is 0 Å². The van der Waals surface area contributed by atoms with Gasteiger partial charge in [-0.1, -0.05) is 34.6 Å². The van der Waals surface area contributed by atoms with Gasteiger partial charge in [-0.25, -0.2) is 0 Å². The molecule has 0 aliphatic heterocycles. The van der Waals surface area contributed by atoms with Gasteiger partial charge in [0.05, 0.1) is 24.6 Å². The summed E-state index contributed by atoms with van der Waals surface area (Å²) < 4.78 is 0. The van der Waals surface area contributed by atoms with Crippen LogP contribution in [0.25, 0.3) is 0 Å². The summed E-state index contributed by atoms with van der Waals surface area (Å²) in [6.07, 6.45) is 8.76. The maximum Gasteiger partial charge on any atom is 0.0619 e. The van der Waals surface area contributed by atoms with E-state index < -0.39 is 7.26 Å². The first-order chi connectivity index (χ1) is 7.28. The highest BCUT2D eigenvalue weighted by molar-refractivity contribution is 7.75. The van der Waals surface area contributed by atoms with Gasteiger partial charge in [-0.15, -0.1) is 0 Å². The summed E-state index contributed by atoms with van der Waals surface area (Å²) in [5.41, 5.74) is 0.503. The van der Waals surface area contributed by atoms with E-state index in [0.29, 0.717) is 5.41 Å². The van der Waals surface area contributed by atoms with E-state index in [-0.39, 0.29) is 0 Å². The van der Waals surface area contributed by atoms with Gasteiger partial charge in [-0.2, -0.15) is 0 Å². The van der Waals surface area contributed by atoms with E-state index in [2.05, 4.69) is 48.5 Å². The third-order valence-corrected chi connectivity index (χ3v) is 9.18. The van der Waals surface area contributed by atoms with Crippen molar-refractivity contribution in [1.29, 1.82) is 0 Å². The Bertz CT molecular complexity index is 174. The molecule has 0 nitrogen and oxygen atoms in total. The Labute approximate surface area is 105 Å². The van der Waals surface area contributed by atoms with Crippen molar-refractivity contribution in [2.45, 2.75) is 61.3 Å². The van der Waals surface area contributed by atoms with Crippen molar-refractivity contribution in [3.63, 3.8) is 0 Å². The molecule has 0 aromatic rings. The largest absolute Gasteiger partial charge is 0.0619 e. The summed E-state index contributed by atoms with van der Waals surface area (Å²) >= 11 is 0. The molecule has 0 spiro atoms. The van der Waals surface area contributed by atoms with Crippen molar-refractivity contribution >= 4 is 7.26 Å². The van der Waals surface area contributed by atoms with Crippen LogP contribution >= 0.6 is 7.26 Å². The zero-order valence-corrected chi connectivity index (χ0v) is 13.7. The van der Waals surface area contributed by atoms with E-state index >= 15 is 0 Å². The van der Waals surface area contributed by atoms with Crippen LogP contribution < -0.4 is 0 Å². The fraction of sp³-hybridized carbons (Fsp3) is 1.00. The van der Waals surface area contributed by atoms with Gasteiger partial charge < -0.3 is 0 Å². The second kappa shape index (κ2) is 7.00. The molecule has 0 aliphatic carbocycles. The number of hydrogen-bond acceptors (Lipinski definition) is 0. The van der Waals surface area contributed by atoms with Crippen molar-refractivity contribution in [2.24, 2.45) is 11.3 Å². The monoisotopic (exact) mass is 245 g/mol. The minimum Gasteiger partial charge on any atom is -0.0619 e. The van der Waals surface area contributed by atoms with Crippen LogP contribution in [0.4, 0.5) is 0 Å². The zero-order chi connectivity index (χ0) is 12.8. The van der Waals surface area contributed by atoms with Crippen LogP contribution in [0.15, 0.2) is 0 Å². The van der Waals surface area contributed by atoms with Gasteiger partial charge in [-0.3, -0.25) is 0 Å². The molecule has 0 fully saturated rings. The second-order valence-electron chi connectivity index (χ2n) is 6.75. The SMILES string of the molecule is CCC[P+](CC)(CC)CC(C)CC(C)(C)C. The normalized spacial score (nSPS) is 15.2. The number of hydrogen-bond donors (Lipinski definition) is 0. The Hall–Kier alpha value is 0.430. The van der Waals surface area contributed by atoms with Crippen LogP contribution in [-0.2, 0) is 0 Å². The average Bonchev–Trinajstić information content (AvgIpc) is 2.14. The van der Waals surface area contributed by atoms with Gasteiger partial charge in [0.2, 0.25) is 0 Å². The van der Waals surface area contributed by atoms with E-state index in [1.807, 2.05) is 0 Å². The molecule has 0 aliphatic rings. The van der Waals surface area contributed by atoms with Crippen molar-refractivity contribution in [2.75, 3.05) is 24.6 Å². The fourth-order valence-corrected chi connectivity index (χ4v) is 7.31. The lowest BCUT2D eigenvalue weighted by atomic mass is 9.86. The van der Waals surface area contributed by atoms with Crippen LogP contribution in [0.3, 0.4) is 0 Å². The summed E-state index contributed by atoms with van der Waals surface area (Å²) in [5, 5.41) is 0. The molecule has 0 heterocycles. The predicted molar refractivity (Wildman–Crippen MR) is 81.3 cm³/mol. The zero-order valence-electron chi connectivity index (χ0n) is 12.8. The molecular weight excluding hydrogens is 211 g/mol. The molecule has 0 amide bonds. The van der Waals surface area contributed by atoms with E-state index in [9.17, 15) is 0 Å². The summed E-state index contributed by atoms with van der Waals surface area (Å²) in [6, 6.07) is 0. The van der Waals surface area contributed by atoms with Crippen molar-refractivity contribution < 1.29 is 0 Å². The van der Waals surface area contributed by atoms with E-state index in [1.165, 1.54) is 37.5 Å². The van der Waals surface area contributed by atoms with Gasteiger partial charge >= 0.3 is 0 Å². The molecule has 0 saturated heterocycles. The van der Waals surface area contributed by atoms with Crippen molar-refractivity contribution in [3.05, 3.63) is 0 Å². The molecule has 98 valence electrons. The topological polar surface area (TPSA) is 0 Å². The lowest BCUT2D eigenvalue weighted by Gasteiger charge is -2.30. The average molecular weight is 245 g/mol. The third kappa shape index (κ3) is 6.24. The Morgan fingerprint density at radius 2 is 1.50 bits per heavy atom. The van der Waals surface area contributed by atoms with Gasteiger partial charge in [-0.05, 0) is 38.0 Å². The second-order valence-corrected chi connectivity index (χ2v) is 11.5. The van der Waals surface area contributed by atoms with Crippen molar-refractivity contribution in [1.82, 2.24) is 0 Å². The molecule has 0 radical (unpaired) electrons. The Kier molecular flexibility index (Phi) is 7.18. The maximum absolute atomic E-state index is 2.47. The van der Waals surface area contributed by atoms with Crippen LogP contribution in [0.5, 0.6) is 0 Å². The summed E-state index contributed by atoms with van der Waals surface area (Å²) in [7, 11) is -0.600. The van der Waals surface area contributed by atoms with Crippen LogP contribution in [-0.4, -0.2) is 24.6 Å². The fourth-order valence-electron chi connectivity index (χ4n) is 3.13. The van der Waals surface area contributed by atoms with Crippen LogP contribution in [0, 0.1) is 11.3 Å². The molecule has 0 rings (SSSR count). The highest BCUT2D eigenvalue weighted by Gasteiger charge is 2.34. The first-order valence-electron chi connectivity index (χ1n) is 7.13. The lowest BCUT2D eigenvalue weighted by Crippen LogP contribution is -2.19. The van der Waals surface area contributed by atoms with Crippen LogP contribution in [0.2, 0.25) is 0 Å². The molecule has 16 heavy (non-hydrogen) atoms. The molecule has 0 N–H and O–H groups in total. The predicted octanol–water partition coefficient (Wildman–Crippen LogP) is 5.53. The van der Waals surface area contributed by atoms with Crippen LogP contribution in [0.1, 0.15) is 61.3 Å². The first kappa shape index (κ1) is 16.4. The van der Waals surface area contributed by atoms with E-state index in [0.717, 1.165) is 5.92 Å². The molecule has 0 saturated carbocycles. The quantitative estimate of drug-likeness (QED) is 0.518. The Morgan fingerprint density at radius 3 is 1.81 bits per heavy atom. The molecule has 1 heteroatoms. The highest BCUT2D eigenvalue weighted by atomic mass is 31.2.